The zero-order valence-electron chi connectivity index (χ0n) is 15.7. The molecule has 2 aromatic carbocycles. The van der Waals surface area contributed by atoms with E-state index in [1.54, 1.807) is 11.8 Å². The summed E-state index contributed by atoms with van der Waals surface area (Å²) in [6.45, 7) is 4.22. The number of hydrazone groups is 1. The molecule has 28 heavy (non-hydrogen) atoms. The van der Waals surface area contributed by atoms with Gasteiger partial charge in [0.25, 0.3) is 0 Å². The van der Waals surface area contributed by atoms with E-state index in [2.05, 4.69) is 70.1 Å². The number of rotatable bonds is 4. The average Bonchev–Trinajstić information content (AvgIpc) is 3.05. The van der Waals surface area contributed by atoms with Crippen LogP contribution in [0.3, 0.4) is 0 Å². The van der Waals surface area contributed by atoms with Crippen LogP contribution in [0.2, 0.25) is 0 Å². The highest BCUT2D eigenvalue weighted by atomic mass is 32.2. The first-order valence-corrected chi connectivity index (χ1v) is 10.4. The SMILES string of the molecule is CC1CC(Nc2cc(N3CCC3)nc(Sc3ccc4ccccc4c3)n2)=NN1. The van der Waals surface area contributed by atoms with Crippen molar-refractivity contribution in [3.8, 4) is 0 Å². The topological polar surface area (TPSA) is 65.4 Å². The van der Waals surface area contributed by atoms with Crippen molar-refractivity contribution in [1.82, 2.24) is 15.4 Å². The van der Waals surface area contributed by atoms with E-state index in [1.807, 2.05) is 6.07 Å². The number of benzene rings is 2. The summed E-state index contributed by atoms with van der Waals surface area (Å²) in [5.74, 6) is 2.70. The lowest BCUT2D eigenvalue weighted by Gasteiger charge is -2.32. The second-order valence-electron chi connectivity index (χ2n) is 7.26. The van der Waals surface area contributed by atoms with Gasteiger partial charge in [-0.1, -0.05) is 30.3 Å². The molecule has 0 saturated carbocycles. The zero-order valence-corrected chi connectivity index (χ0v) is 16.5. The van der Waals surface area contributed by atoms with Crippen LogP contribution in [0.4, 0.5) is 11.6 Å². The lowest BCUT2D eigenvalue weighted by molar-refractivity contribution is 0.605. The summed E-state index contributed by atoms with van der Waals surface area (Å²) >= 11 is 1.60. The molecule has 5 rings (SSSR count). The highest BCUT2D eigenvalue weighted by molar-refractivity contribution is 7.99. The van der Waals surface area contributed by atoms with Gasteiger partial charge < -0.3 is 15.6 Å². The van der Waals surface area contributed by atoms with Gasteiger partial charge in [-0.2, -0.15) is 5.10 Å². The monoisotopic (exact) mass is 390 g/mol. The first-order chi connectivity index (χ1) is 13.7. The van der Waals surface area contributed by atoms with Crippen LogP contribution >= 0.6 is 11.8 Å². The van der Waals surface area contributed by atoms with E-state index in [0.29, 0.717) is 6.04 Å². The number of amidine groups is 1. The molecule has 2 N–H and O–H groups in total. The van der Waals surface area contributed by atoms with Crippen molar-refractivity contribution in [1.29, 1.82) is 0 Å². The van der Waals surface area contributed by atoms with Crippen molar-refractivity contribution >= 4 is 40.0 Å². The number of hydrogen-bond acceptors (Lipinski definition) is 7. The lowest BCUT2D eigenvalue weighted by atomic mass is 10.1. The van der Waals surface area contributed by atoms with Gasteiger partial charge in [0.05, 0.1) is 0 Å². The number of anilines is 2. The molecule has 3 heterocycles. The smallest absolute Gasteiger partial charge is 0.196 e. The largest absolute Gasteiger partial charge is 0.356 e. The van der Waals surface area contributed by atoms with Crippen LogP contribution in [0.1, 0.15) is 19.8 Å². The minimum atomic E-state index is 0.352. The molecule has 0 spiro atoms. The Balaban J connectivity index is 1.44. The Morgan fingerprint density at radius 2 is 1.93 bits per heavy atom. The molecule has 1 aromatic heterocycles. The Hall–Kier alpha value is -2.80. The number of nitrogens with one attached hydrogen (secondary N) is 2. The van der Waals surface area contributed by atoms with Crippen LogP contribution in [0.15, 0.2) is 63.7 Å². The van der Waals surface area contributed by atoms with E-state index < -0.39 is 0 Å². The molecule has 142 valence electrons. The fourth-order valence-corrected chi connectivity index (χ4v) is 4.18. The standard InChI is InChI=1S/C21H22N6S/c1-14-11-19(26-25-14)22-18-13-20(27-9-4-10-27)24-21(23-18)28-17-8-7-15-5-2-3-6-16(15)12-17/h2-3,5-8,12-14,25H,4,9-11H2,1H3,(H,22,23,24,26). The molecule has 2 aliphatic heterocycles. The first kappa shape index (κ1) is 17.3. The summed E-state index contributed by atoms with van der Waals surface area (Å²) in [6, 6.07) is 17.2. The molecule has 7 heteroatoms. The van der Waals surface area contributed by atoms with Crippen LogP contribution in [-0.2, 0) is 0 Å². The van der Waals surface area contributed by atoms with Gasteiger partial charge in [0.15, 0.2) is 5.16 Å². The zero-order chi connectivity index (χ0) is 18.9. The van der Waals surface area contributed by atoms with E-state index in [4.69, 9.17) is 9.97 Å². The second kappa shape index (κ2) is 7.31. The quantitative estimate of drug-likeness (QED) is 0.654. The van der Waals surface area contributed by atoms with Gasteiger partial charge in [-0.05, 0) is 48.0 Å². The van der Waals surface area contributed by atoms with Gasteiger partial charge in [-0.3, -0.25) is 0 Å². The predicted molar refractivity (Wildman–Crippen MR) is 115 cm³/mol. The Kier molecular flexibility index (Phi) is 4.52. The summed E-state index contributed by atoms with van der Waals surface area (Å²) in [4.78, 5) is 13.0. The van der Waals surface area contributed by atoms with Crippen LogP contribution in [-0.4, -0.2) is 34.9 Å². The molecule has 1 saturated heterocycles. The van der Waals surface area contributed by atoms with Crippen LogP contribution in [0.5, 0.6) is 0 Å². The van der Waals surface area contributed by atoms with Crippen LogP contribution < -0.4 is 15.6 Å². The Bertz CT molecular complexity index is 1050. The first-order valence-electron chi connectivity index (χ1n) is 9.63. The number of aromatic nitrogens is 2. The average molecular weight is 391 g/mol. The molecule has 0 radical (unpaired) electrons. The summed E-state index contributed by atoms with van der Waals surface area (Å²) in [5, 5.41) is 10.9. The Labute approximate surface area is 168 Å². The number of fused-ring (bicyclic) bond motifs is 1. The molecule has 2 aliphatic rings. The third-order valence-electron chi connectivity index (χ3n) is 4.99. The predicted octanol–water partition coefficient (Wildman–Crippen LogP) is 4.10. The van der Waals surface area contributed by atoms with Crippen molar-refractivity contribution in [3.63, 3.8) is 0 Å². The maximum absolute atomic E-state index is 4.80. The van der Waals surface area contributed by atoms with Gasteiger partial charge in [-0.25, -0.2) is 9.97 Å². The molecule has 0 bridgehead atoms. The molecular formula is C21H22N6S. The van der Waals surface area contributed by atoms with Crippen molar-refractivity contribution in [3.05, 3.63) is 48.5 Å². The molecule has 0 amide bonds. The normalized spacial score (nSPS) is 18.5. The fourth-order valence-electron chi connectivity index (χ4n) is 3.36. The minimum absolute atomic E-state index is 0.352. The lowest BCUT2D eigenvalue weighted by Crippen LogP contribution is -2.37. The van der Waals surface area contributed by atoms with Crippen LogP contribution in [0.25, 0.3) is 10.8 Å². The van der Waals surface area contributed by atoms with Gasteiger partial charge in [0, 0.05) is 36.5 Å². The summed E-state index contributed by atoms with van der Waals surface area (Å²) in [5.41, 5.74) is 3.09. The Morgan fingerprint density at radius 1 is 1.07 bits per heavy atom. The molecule has 1 atom stereocenters. The number of nitrogens with zero attached hydrogens (tertiary/aromatic N) is 4. The molecule has 0 aliphatic carbocycles. The summed E-state index contributed by atoms with van der Waals surface area (Å²) in [7, 11) is 0. The molecule has 3 aromatic rings. The maximum Gasteiger partial charge on any atom is 0.196 e. The third kappa shape index (κ3) is 3.62. The van der Waals surface area contributed by atoms with E-state index in [-0.39, 0.29) is 0 Å². The van der Waals surface area contributed by atoms with E-state index in [9.17, 15) is 0 Å². The van der Waals surface area contributed by atoms with Gasteiger partial charge in [-0.15, -0.1) is 0 Å². The summed E-state index contributed by atoms with van der Waals surface area (Å²) < 4.78 is 0. The van der Waals surface area contributed by atoms with E-state index >= 15 is 0 Å². The minimum Gasteiger partial charge on any atom is -0.356 e. The maximum atomic E-state index is 4.80. The summed E-state index contributed by atoms with van der Waals surface area (Å²) in [6.07, 6.45) is 2.09. The van der Waals surface area contributed by atoms with E-state index in [0.717, 1.165) is 47.0 Å². The number of hydrogen-bond donors (Lipinski definition) is 2. The second-order valence-corrected chi connectivity index (χ2v) is 8.30. The van der Waals surface area contributed by atoms with Crippen molar-refractivity contribution in [2.24, 2.45) is 5.10 Å². The highest BCUT2D eigenvalue weighted by Gasteiger charge is 2.20. The van der Waals surface area contributed by atoms with Gasteiger partial charge in [0.1, 0.15) is 17.5 Å². The van der Waals surface area contributed by atoms with Crippen molar-refractivity contribution in [2.75, 3.05) is 23.3 Å². The molecular weight excluding hydrogens is 368 g/mol. The highest BCUT2D eigenvalue weighted by Crippen LogP contribution is 2.31. The molecule has 1 unspecified atom stereocenters. The van der Waals surface area contributed by atoms with Gasteiger partial charge in [0.2, 0.25) is 0 Å². The molecule has 1 fully saturated rings. The third-order valence-corrected chi connectivity index (χ3v) is 5.85. The van der Waals surface area contributed by atoms with Crippen molar-refractivity contribution in [2.45, 2.75) is 35.9 Å². The van der Waals surface area contributed by atoms with E-state index in [1.165, 1.54) is 17.2 Å². The van der Waals surface area contributed by atoms with Crippen LogP contribution in [0, 0.1) is 0 Å². The fraction of sp³-hybridized carbons (Fsp3) is 0.286. The molecule has 6 nitrogen and oxygen atoms in total. The Morgan fingerprint density at radius 3 is 2.68 bits per heavy atom. The van der Waals surface area contributed by atoms with Gasteiger partial charge >= 0.3 is 0 Å². The van der Waals surface area contributed by atoms with Crippen molar-refractivity contribution < 1.29 is 0 Å².